The number of aliphatic carboxylic acids is 2. The average molecular weight is 277 g/mol. The summed E-state index contributed by atoms with van der Waals surface area (Å²) in [6, 6.07) is -2.29. The summed E-state index contributed by atoms with van der Waals surface area (Å²) in [6.07, 6.45) is 0.595. The van der Waals surface area contributed by atoms with Crippen LogP contribution in [0.15, 0.2) is 4.99 Å². The van der Waals surface area contributed by atoms with Gasteiger partial charge in [-0.1, -0.05) is 0 Å². The molecule has 9 N–H and O–H groups in total. The first-order valence-electron chi connectivity index (χ1n) is 5.51. The van der Waals surface area contributed by atoms with Crippen LogP contribution in [0.2, 0.25) is 0 Å². The van der Waals surface area contributed by atoms with Crippen molar-refractivity contribution in [1.29, 1.82) is 0 Å². The van der Waals surface area contributed by atoms with E-state index in [2.05, 4.69) is 15.8 Å². The first-order valence-corrected chi connectivity index (χ1v) is 5.51. The summed E-state index contributed by atoms with van der Waals surface area (Å²) in [7, 11) is 0. The molecule has 0 bridgehead atoms. The highest BCUT2D eigenvalue weighted by atomic mass is 16.4. The fourth-order valence-corrected chi connectivity index (χ4v) is 1.15. The van der Waals surface area contributed by atoms with Gasteiger partial charge in [0.25, 0.3) is 0 Å². The molecule has 0 amide bonds. The van der Waals surface area contributed by atoms with E-state index in [1.165, 1.54) is 0 Å². The molecule has 0 aromatic rings. The maximum absolute atomic E-state index is 10.9. The van der Waals surface area contributed by atoms with Crippen molar-refractivity contribution in [2.24, 2.45) is 16.5 Å². The van der Waals surface area contributed by atoms with Crippen LogP contribution in [0.3, 0.4) is 0 Å². The Kier molecular flexibility index (Phi) is 8.17. The topological polar surface area (TPSA) is 183 Å². The van der Waals surface area contributed by atoms with Gasteiger partial charge in [0.15, 0.2) is 5.96 Å². The van der Waals surface area contributed by atoms with Crippen LogP contribution in [-0.4, -0.2) is 58.5 Å². The number of aliphatic hydroxyl groups excluding tert-OH is 1. The minimum atomic E-state index is -1.29. The number of rotatable bonds is 10. The Labute approximate surface area is 109 Å². The first kappa shape index (κ1) is 17.1. The third-order valence-corrected chi connectivity index (χ3v) is 2.16. The van der Waals surface area contributed by atoms with Crippen molar-refractivity contribution in [2.75, 3.05) is 13.2 Å². The van der Waals surface area contributed by atoms with Gasteiger partial charge < -0.3 is 26.8 Å². The number of carboxylic acids is 2. The molecule has 0 aliphatic carbocycles. The number of nitrogens with one attached hydrogen (secondary N) is 2. The maximum atomic E-state index is 10.9. The lowest BCUT2D eigenvalue weighted by Gasteiger charge is -2.18. The number of aliphatic hydroxyl groups is 1. The number of nitrogens with two attached hydrogens (primary N) is 2. The van der Waals surface area contributed by atoms with Gasteiger partial charge in [0.05, 0.1) is 6.61 Å². The highest BCUT2D eigenvalue weighted by molar-refractivity contribution is 5.76. The molecule has 0 heterocycles. The smallest absolute Gasteiger partial charge is 0.324 e. The van der Waals surface area contributed by atoms with Gasteiger partial charge in [-0.2, -0.15) is 0 Å². The quantitative estimate of drug-likeness (QED) is 0.0947. The van der Waals surface area contributed by atoms with Gasteiger partial charge in [-0.05, 0) is 12.8 Å². The molecule has 19 heavy (non-hydrogen) atoms. The van der Waals surface area contributed by atoms with Crippen LogP contribution in [0.5, 0.6) is 0 Å². The average Bonchev–Trinajstić information content (AvgIpc) is 2.31. The SMILES string of the molecule is NC(N)=NCCC[C@H](NN[C@@H](CO)C(=O)O)C(=O)O. The highest BCUT2D eigenvalue weighted by Crippen LogP contribution is 1.98. The molecule has 2 atom stereocenters. The van der Waals surface area contributed by atoms with Crippen molar-refractivity contribution in [3.05, 3.63) is 0 Å². The van der Waals surface area contributed by atoms with E-state index in [4.69, 9.17) is 26.8 Å². The van der Waals surface area contributed by atoms with Gasteiger partial charge in [0, 0.05) is 6.54 Å². The summed E-state index contributed by atoms with van der Waals surface area (Å²) in [5.41, 5.74) is 14.8. The Morgan fingerprint density at radius 3 is 2.05 bits per heavy atom. The molecule has 0 fully saturated rings. The van der Waals surface area contributed by atoms with Gasteiger partial charge in [-0.25, -0.2) is 10.9 Å². The van der Waals surface area contributed by atoms with E-state index in [0.29, 0.717) is 6.42 Å². The fraction of sp³-hybridized carbons (Fsp3) is 0.667. The van der Waals surface area contributed by atoms with Gasteiger partial charge >= 0.3 is 11.9 Å². The summed E-state index contributed by atoms with van der Waals surface area (Å²) < 4.78 is 0. The normalized spacial score (nSPS) is 13.5. The van der Waals surface area contributed by atoms with E-state index in [-0.39, 0.29) is 18.9 Å². The summed E-state index contributed by atoms with van der Waals surface area (Å²) in [6.45, 7) is -0.390. The summed E-state index contributed by atoms with van der Waals surface area (Å²) in [4.78, 5) is 25.2. The largest absolute Gasteiger partial charge is 0.480 e. The predicted molar refractivity (Wildman–Crippen MR) is 66.1 cm³/mol. The molecular formula is C9H19N5O5. The highest BCUT2D eigenvalue weighted by Gasteiger charge is 2.21. The Morgan fingerprint density at radius 1 is 1.11 bits per heavy atom. The molecule has 0 aromatic heterocycles. The van der Waals surface area contributed by atoms with Crippen molar-refractivity contribution in [2.45, 2.75) is 24.9 Å². The van der Waals surface area contributed by atoms with Crippen LogP contribution in [0.1, 0.15) is 12.8 Å². The minimum Gasteiger partial charge on any atom is -0.480 e. The molecule has 0 aromatic carbocycles. The number of carbonyl (C=O) groups is 2. The molecule has 110 valence electrons. The Bertz CT molecular complexity index is 331. The lowest BCUT2D eigenvalue weighted by molar-refractivity contribution is -0.143. The lowest BCUT2D eigenvalue weighted by atomic mass is 10.1. The third kappa shape index (κ3) is 7.91. The van der Waals surface area contributed by atoms with Gasteiger partial charge in [-0.15, -0.1) is 0 Å². The molecule has 0 saturated heterocycles. The number of hydrogen-bond acceptors (Lipinski definition) is 6. The fourth-order valence-electron chi connectivity index (χ4n) is 1.15. The number of carboxylic acid groups (broad SMARTS) is 2. The van der Waals surface area contributed by atoms with Crippen molar-refractivity contribution >= 4 is 17.9 Å². The van der Waals surface area contributed by atoms with Crippen LogP contribution in [0, 0.1) is 0 Å². The standard InChI is InChI=1S/C9H19N5O5/c10-9(11)12-3-1-2-5(7(16)17)13-14-6(4-15)8(18)19/h5-6,13-15H,1-4H2,(H,16,17)(H,18,19)(H4,10,11,12)/t5-,6-/m0/s1. The van der Waals surface area contributed by atoms with Crippen LogP contribution in [0.4, 0.5) is 0 Å². The molecule has 0 aliphatic rings. The number of aliphatic imine (C=N–C) groups is 1. The van der Waals surface area contributed by atoms with Gasteiger partial charge in [-0.3, -0.25) is 14.6 Å². The molecule has 0 saturated carbocycles. The zero-order valence-electron chi connectivity index (χ0n) is 10.2. The predicted octanol–water partition coefficient (Wildman–Crippen LogP) is -2.97. The van der Waals surface area contributed by atoms with Crippen molar-refractivity contribution < 1.29 is 24.9 Å². The zero-order valence-corrected chi connectivity index (χ0v) is 10.2. The van der Waals surface area contributed by atoms with E-state index < -0.39 is 30.6 Å². The number of guanidine groups is 1. The molecule has 0 radical (unpaired) electrons. The second-order valence-electron chi connectivity index (χ2n) is 3.70. The van der Waals surface area contributed by atoms with Crippen molar-refractivity contribution in [3.63, 3.8) is 0 Å². The maximum Gasteiger partial charge on any atom is 0.324 e. The minimum absolute atomic E-state index is 0.0795. The molecule has 0 aliphatic heterocycles. The summed E-state index contributed by atoms with van der Waals surface area (Å²) in [5.74, 6) is -2.52. The molecular weight excluding hydrogens is 258 g/mol. The van der Waals surface area contributed by atoms with Crippen molar-refractivity contribution in [1.82, 2.24) is 10.9 Å². The number of hydrogen-bond donors (Lipinski definition) is 7. The van der Waals surface area contributed by atoms with Gasteiger partial charge in [0.2, 0.25) is 0 Å². The second kappa shape index (κ2) is 9.08. The van der Waals surface area contributed by atoms with E-state index in [1.54, 1.807) is 0 Å². The molecule has 10 heteroatoms. The Morgan fingerprint density at radius 2 is 1.63 bits per heavy atom. The van der Waals surface area contributed by atoms with Crippen molar-refractivity contribution in [3.8, 4) is 0 Å². The molecule has 10 nitrogen and oxygen atoms in total. The number of nitrogens with zero attached hydrogens (tertiary/aromatic N) is 1. The first-order chi connectivity index (χ1) is 8.88. The lowest BCUT2D eigenvalue weighted by Crippen LogP contribution is -2.53. The summed E-state index contributed by atoms with van der Waals surface area (Å²) >= 11 is 0. The van der Waals surface area contributed by atoms with E-state index in [1.807, 2.05) is 0 Å². The van der Waals surface area contributed by atoms with E-state index >= 15 is 0 Å². The molecule has 0 rings (SSSR count). The monoisotopic (exact) mass is 277 g/mol. The molecule has 0 spiro atoms. The van der Waals surface area contributed by atoms with Crippen LogP contribution >= 0.6 is 0 Å². The van der Waals surface area contributed by atoms with Crippen LogP contribution < -0.4 is 22.3 Å². The second-order valence-corrected chi connectivity index (χ2v) is 3.70. The zero-order chi connectivity index (χ0) is 14.8. The Balaban J connectivity index is 4.16. The molecule has 0 unspecified atom stereocenters. The summed E-state index contributed by atoms with van der Waals surface area (Å²) in [5, 5.41) is 26.3. The third-order valence-electron chi connectivity index (χ3n) is 2.16. The van der Waals surface area contributed by atoms with Gasteiger partial charge in [0.1, 0.15) is 12.1 Å². The van der Waals surface area contributed by atoms with Crippen LogP contribution in [0.25, 0.3) is 0 Å². The number of hydrazine groups is 1. The van der Waals surface area contributed by atoms with Crippen LogP contribution in [-0.2, 0) is 9.59 Å². The van der Waals surface area contributed by atoms with E-state index in [0.717, 1.165) is 0 Å². The Hall–Kier alpha value is -1.91. The van der Waals surface area contributed by atoms with E-state index in [9.17, 15) is 9.59 Å².